The molecule has 0 saturated heterocycles. The summed E-state index contributed by atoms with van der Waals surface area (Å²) in [6.07, 6.45) is 0. The quantitative estimate of drug-likeness (QED) is 0.622. The van der Waals surface area contributed by atoms with Crippen molar-refractivity contribution in [2.24, 2.45) is 10.9 Å². The summed E-state index contributed by atoms with van der Waals surface area (Å²) >= 11 is 0. The highest BCUT2D eigenvalue weighted by Crippen LogP contribution is 2.32. The molecule has 0 bridgehead atoms. The topological polar surface area (TPSA) is 74.2 Å². The predicted octanol–water partition coefficient (Wildman–Crippen LogP) is 1.57. The maximum Gasteiger partial charge on any atom is 0.352 e. The van der Waals surface area contributed by atoms with Crippen molar-refractivity contribution in [2.45, 2.75) is 19.4 Å². The highest BCUT2D eigenvalue weighted by molar-refractivity contribution is 6.17. The molecular formula is C15H17NO5. The Morgan fingerprint density at radius 1 is 1.24 bits per heavy atom. The predicted molar refractivity (Wildman–Crippen MR) is 75.2 cm³/mol. The van der Waals surface area contributed by atoms with Crippen LogP contribution >= 0.6 is 0 Å². The van der Waals surface area contributed by atoms with Crippen molar-refractivity contribution in [3.63, 3.8) is 0 Å². The molecule has 2 rings (SSSR count). The second kappa shape index (κ2) is 5.55. The third-order valence-corrected chi connectivity index (χ3v) is 3.45. The summed E-state index contributed by atoms with van der Waals surface area (Å²) in [5.74, 6) is -1.03. The first-order valence-corrected chi connectivity index (χ1v) is 6.50. The summed E-state index contributed by atoms with van der Waals surface area (Å²) in [5.41, 5.74) is -1.04. The van der Waals surface area contributed by atoms with Crippen molar-refractivity contribution in [1.29, 1.82) is 0 Å². The maximum atomic E-state index is 12.2. The van der Waals surface area contributed by atoms with Gasteiger partial charge in [-0.25, -0.2) is 14.6 Å². The van der Waals surface area contributed by atoms with Crippen LogP contribution in [0.25, 0.3) is 0 Å². The van der Waals surface area contributed by atoms with Gasteiger partial charge in [0, 0.05) is 11.5 Å². The lowest BCUT2D eigenvalue weighted by molar-refractivity contribution is -0.158. The minimum atomic E-state index is -1.63. The van der Waals surface area contributed by atoms with Crippen LogP contribution in [0.1, 0.15) is 19.4 Å². The molecular weight excluding hydrogens is 274 g/mol. The number of carbonyl (C=O) groups is 2. The van der Waals surface area contributed by atoms with Crippen LogP contribution in [0.15, 0.2) is 29.3 Å². The normalized spacial score (nSPS) is 21.0. The minimum absolute atomic E-state index is 0.113. The van der Waals surface area contributed by atoms with Crippen molar-refractivity contribution in [3.05, 3.63) is 29.8 Å². The fourth-order valence-electron chi connectivity index (χ4n) is 2.14. The molecule has 0 unspecified atom stereocenters. The molecule has 1 aromatic rings. The molecule has 112 valence electrons. The van der Waals surface area contributed by atoms with Crippen LogP contribution in [0.5, 0.6) is 5.75 Å². The molecule has 0 fully saturated rings. The Kier molecular flexibility index (Phi) is 3.97. The zero-order chi connectivity index (χ0) is 15.6. The molecule has 1 aromatic carbocycles. The van der Waals surface area contributed by atoms with E-state index in [1.165, 1.54) is 7.11 Å². The van der Waals surface area contributed by atoms with E-state index >= 15 is 0 Å². The molecule has 1 aliphatic heterocycles. The monoisotopic (exact) mass is 291 g/mol. The average Bonchev–Trinajstić information content (AvgIpc) is 2.85. The van der Waals surface area contributed by atoms with Gasteiger partial charge >= 0.3 is 11.9 Å². The first-order valence-electron chi connectivity index (χ1n) is 6.50. The molecule has 0 aliphatic carbocycles. The summed E-state index contributed by atoms with van der Waals surface area (Å²) in [5, 5.41) is 0. The number of nitrogens with zero attached hydrogens (tertiary/aromatic N) is 1. The number of hydrogen-bond donors (Lipinski definition) is 0. The molecule has 0 N–H and O–H groups in total. The number of ether oxygens (including phenoxy) is 3. The Bertz CT molecular complexity index is 591. The lowest BCUT2D eigenvalue weighted by atomic mass is 9.87. The maximum absolute atomic E-state index is 12.2. The molecule has 0 amide bonds. The number of aliphatic imine (C=N–C) groups is 1. The number of carbonyl (C=O) groups excluding carboxylic acids is 2. The molecule has 0 radical (unpaired) electrons. The van der Waals surface area contributed by atoms with Gasteiger partial charge in [-0.1, -0.05) is 13.8 Å². The minimum Gasteiger partial charge on any atom is -0.497 e. The fourth-order valence-corrected chi connectivity index (χ4v) is 2.14. The Hall–Kier alpha value is -2.37. The second-order valence-electron chi connectivity index (χ2n) is 4.95. The first-order chi connectivity index (χ1) is 9.95. The van der Waals surface area contributed by atoms with Gasteiger partial charge < -0.3 is 14.2 Å². The summed E-state index contributed by atoms with van der Waals surface area (Å²) in [7, 11) is 2.78. The molecule has 6 nitrogen and oxygen atoms in total. The molecule has 1 aliphatic rings. The Balaban J connectivity index is 2.44. The summed E-state index contributed by atoms with van der Waals surface area (Å²) in [4.78, 5) is 28.4. The van der Waals surface area contributed by atoms with Gasteiger partial charge in [0.1, 0.15) is 5.75 Å². The van der Waals surface area contributed by atoms with Crippen LogP contribution in [-0.2, 0) is 19.1 Å². The Labute approximate surface area is 122 Å². The molecule has 6 heteroatoms. The van der Waals surface area contributed by atoms with Crippen LogP contribution in [0.3, 0.4) is 0 Å². The number of rotatable bonds is 4. The Morgan fingerprint density at radius 3 is 2.33 bits per heavy atom. The van der Waals surface area contributed by atoms with Gasteiger partial charge in [-0.2, -0.15) is 0 Å². The van der Waals surface area contributed by atoms with Gasteiger partial charge in [0.15, 0.2) is 0 Å². The van der Waals surface area contributed by atoms with Crippen molar-refractivity contribution in [1.82, 2.24) is 0 Å². The van der Waals surface area contributed by atoms with Gasteiger partial charge in [-0.05, 0) is 24.3 Å². The standard InChI is InChI=1S/C15H17NO5/c1-9(2)15(13(17)20-4)14(18)21-12(16-15)10-5-7-11(19-3)8-6-10/h5-9H,1-4H3/t15-/m1/s1. The second-order valence-corrected chi connectivity index (χ2v) is 4.95. The van der Waals surface area contributed by atoms with Crippen molar-refractivity contribution in [3.8, 4) is 5.75 Å². The van der Waals surface area contributed by atoms with E-state index in [1.807, 2.05) is 0 Å². The first kappa shape index (κ1) is 15.0. The lowest BCUT2D eigenvalue weighted by Crippen LogP contribution is -2.48. The fraction of sp³-hybridized carbons (Fsp3) is 0.400. The number of cyclic esters (lactones) is 1. The molecule has 21 heavy (non-hydrogen) atoms. The molecule has 0 saturated carbocycles. The van der Waals surface area contributed by atoms with E-state index in [2.05, 4.69) is 4.99 Å². The van der Waals surface area contributed by atoms with Crippen molar-refractivity contribution >= 4 is 17.8 Å². The van der Waals surface area contributed by atoms with Gasteiger partial charge in [-0.3, -0.25) is 0 Å². The van der Waals surface area contributed by atoms with Crippen LogP contribution in [0, 0.1) is 5.92 Å². The van der Waals surface area contributed by atoms with E-state index in [9.17, 15) is 9.59 Å². The van der Waals surface area contributed by atoms with E-state index in [1.54, 1.807) is 45.2 Å². The van der Waals surface area contributed by atoms with Gasteiger partial charge in [0.2, 0.25) is 5.90 Å². The zero-order valence-corrected chi connectivity index (χ0v) is 12.4. The number of esters is 2. The highest BCUT2D eigenvalue weighted by Gasteiger charge is 2.56. The van der Waals surface area contributed by atoms with Crippen LogP contribution in [0.2, 0.25) is 0 Å². The van der Waals surface area contributed by atoms with E-state index in [0.717, 1.165) is 0 Å². The number of hydrogen-bond acceptors (Lipinski definition) is 6. The third-order valence-electron chi connectivity index (χ3n) is 3.45. The summed E-state index contributed by atoms with van der Waals surface area (Å²) in [6.45, 7) is 3.44. The average molecular weight is 291 g/mol. The van der Waals surface area contributed by atoms with Crippen molar-refractivity contribution < 1.29 is 23.8 Å². The zero-order valence-electron chi connectivity index (χ0n) is 12.4. The lowest BCUT2D eigenvalue weighted by Gasteiger charge is -2.22. The molecule has 1 atom stereocenters. The number of benzene rings is 1. The summed E-state index contributed by atoms with van der Waals surface area (Å²) < 4.78 is 15.0. The van der Waals surface area contributed by atoms with E-state index in [0.29, 0.717) is 11.3 Å². The molecule has 0 aromatic heterocycles. The van der Waals surface area contributed by atoms with E-state index in [4.69, 9.17) is 14.2 Å². The van der Waals surface area contributed by atoms with Gasteiger partial charge in [0.25, 0.3) is 5.54 Å². The Morgan fingerprint density at radius 2 is 1.86 bits per heavy atom. The van der Waals surface area contributed by atoms with E-state index < -0.39 is 17.5 Å². The SMILES string of the molecule is COC(=O)[C@@]1(C(C)C)N=C(c2ccc(OC)cc2)OC1=O. The van der Waals surface area contributed by atoms with Crippen LogP contribution in [-0.4, -0.2) is 37.6 Å². The number of methoxy groups -OCH3 is 2. The smallest absolute Gasteiger partial charge is 0.352 e. The highest BCUT2D eigenvalue weighted by atomic mass is 16.6. The molecule has 1 heterocycles. The molecule has 0 spiro atoms. The van der Waals surface area contributed by atoms with Gasteiger partial charge in [0.05, 0.1) is 14.2 Å². The third kappa shape index (κ3) is 2.37. The van der Waals surface area contributed by atoms with Crippen LogP contribution in [0.4, 0.5) is 0 Å². The van der Waals surface area contributed by atoms with E-state index in [-0.39, 0.29) is 11.8 Å². The van der Waals surface area contributed by atoms with Gasteiger partial charge in [-0.15, -0.1) is 0 Å². The largest absolute Gasteiger partial charge is 0.497 e. The van der Waals surface area contributed by atoms with Crippen molar-refractivity contribution in [2.75, 3.05) is 14.2 Å². The van der Waals surface area contributed by atoms with Crippen LogP contribution < -0.4 is 4.74 Å². The summed E-state index contributed by atoms with van der Waals surface area (Å²) in [6, 6.07) is 6.86.